The number of hydrogen-bond donors (Lipinski definition) is 1. The molecule has 0 amide bonds. The summed E-state index contributed by atoms with van der Waals surface area (Å²) in [5, 5.41) is 0. The molecule has 5 heteroatoms. The van der Waals surface area contributed by atoms with Gasteiger partial charge in [0.05, 0.1) is 11.6 Å². The Hall–Kier alpha value is -1.20. The van der Waals surface area contributed by atoms with Crippen LogP contribution in [0.3, 0.4) is 0 Å². The molecule has 0 fully saturated rings. The molecule has 0 saturated heterocycles. The fourth-order valence-electron chi connectivity index (χ4n) is 1.54. The summed E-state index contributed by atoms with van der Waals surface area (Å²) in [6.07, 6.45) is 6.66. The van der Waals surface area contributed by atoms with E-state index in [1.165, 1.54) is 0 Å². The first-order valence-corrected chi connectivity index (χ1v) is 5.86. The SMILES string of the molecule is CCCn1ccnc1C(N)c1cncs1. The summed E-state index contributed by atoms with van der Waals surface area (Å²) in [7, 11) is 0. The summed E-state index contributed by atoms with van der Waals surface area (Å²) in [6, 6.07) is -0.154. The Morgan fingerprint density at radius 2 is 2.47 bits per heavy atom. The van der Waals surface area contributed by atoms with E-state index in [0.717, 1.165) is 23.7 Å². The van der Waals surface area contributed by atoms with Crippen molar-refractivity contribution in [2.24, 2.45) is 5.73 Å². The van der Waals surface area contributed by atoms with Crippen LogP contribution in [0, 0.1) is 0 Å². The van der Waals surface area contributed by atoms with Crippen LogP contribution in [0.2, 0.25) is 0 Å². The number of hydrogen-bond acceptors (Lipinski definition) is 4. The number of imidazole rings is 1. The van der Waals surface area contributed by atoms with E-state index in [9.17, 15) is 0 Å². The molecule has 2 N–H and O–H groups in total. The molecule has 15 heavy (non-hydrogen) atoms. The van der Waals surface area contributed by atoms with Gasteiger partial charge >= 0.3 is 0 Å². The Morgan fingerprint density at radius 1 is 1.60 bits per heavy atom. The number of aromatic nitrogens is 3. The average molecular weight is 222 g/mol. The zero-order valence-electron chi connectivity index (χ0n) is 8.63. The predicted octanol–water partition coefficient (Wildman–Crippen LogP) is 1.80. The molecule has 4 nitrogen and oxygen atoms in total. The first-order valence-electron chi connectivity index (χ1n) is 4.98. The predicted molar refractivity (Wildman–Crippen MR) is 60.7 cm³/mol. The molecule has 0 aliphatic rings. The lowest BCUT2D eigenvalue weighted by atomic mass is 10.2. The summed E-state index contributed by atoms with van der Waals surface area (Å²) >= 11 is 1.57. The summed E-state index contributed by atoms with van der Waals surface area (Å²) in [6.45, 7) is 3.10. The molecule has 2 aromatic rings. The van der Waals surface area contributed by atoms with Crippen molar-refractivity contribution in [2.75, 3.05) is 0 Å². The first-order chi connectivity index (χ1) is 7.33. The van der Waals surface area contributed by atoms with Gasteiger partial charge in [-0.2, -0.15) is 0 Å². The van der Waals surface area contributed by atoms with E-state index in [1.807, 2.05) is 6.20 Å². The van der Waals surface area contributed by atoms with Crippen LogP contribution < -0.4 is 5.73 Å². The van der Waals surface area contributed by atoms with E-state index in [4.69, 9.17) is 5.73 Å². The lowest BCUT2D eigenvalue weighted by molar-refractivity contribution is 0.615. The average Bonchev–Trinajstić information content (AvgIpc) is 2.87. The van der Waals surface area contributed by atoms with Gasteiger partial charge in [-0.15, -0.1) is 11.3 Å². The quantitative estimate of drug-likeness (QED) is 0.858. The van der Waals surface area contributed by atoms with Crippen LogP contribution >= 0.6 is 11.3 Å². The molecule has 0 radical (unpaired) electrons. The van der Waals surface area contributed by atoms with Crippen molar-refractivity contribution in [3.63, 3.8) is 0 Å². The summed E-state index contributed by atoms with van der Waals surface area (Å²) < 4.78 is 2.10. The molecular weight excluding hydrogens is 208 g/mol. The highest BCUT2D eigenvalue weighted by Gasteiger charge is 2.15. The zero-order chi connectivity index (χ0) is 10.7. The summed E-state index contributed by atoms with van der Waals surface area (Å²) in [5.74, 6) is 0.918. The molecule has 1 atom stereocenters. The van der Waals surface area contributed by atoms with Crippen molar-refractivity contribution in [2.45, 2.75) is 25.9 Å². The lowest BCUT2D eigenvalue weighted by Crippen LogP contribution is -2.16. The number of aryl methyl sites for hydroxylation is 1. The topological polar surface area (TPSA) is 56.7 Å². The van der Waals surface area contributed by atoms with Crippen LogP contribution in [0.25, 0.3) is 0 Å². The number of nitrogens with zero attached hydrogens (tertiary/aromatic N) is 3. The molecule has 1 unspecified atom stereocenters. The van der Waals surface area contributed by atoms with E-state index in [1.54, 1.807) is 29.2 Å². The fourth-order valence-corrected chi connectivity index (χ4v) is 2.15. The van der Waals surface area contributed by atoms with Crippen LogP contribution in [0.1, 0.15) is 30.1 Å². The Morgan fingerprint density at radius 3 is 3.13 bits per heavy atom. The summed E-state index contributed by atoms with van der Waals surface area (Å²) in [4.78, 5) is 9.39. The second-order valence-corrected chi connectivity index (χ2v) is 4.28. The van der Waals surface area contributed by atoms with Gasteiger partial charge in [-0.05, 0) is 6.42 Å². The van der Waals surface area contributed by atoms with E-state index in [0.29, 0.717) is 0 Å². The number of rotatable bonds is 4. The highest BCUT2D eigenvalue weighted by molar-refractivity contribution is 7.09. The Bertz CT molecular complexity index is 407. The highest BCUT2D eigenvalue weighted by atomic mass is 32.1. The maximum Gasteiger partial charge on any atom is 0.131 e. The van der Waals surface area contributed by atoms with Crippen molar-refractivity contribution < 1.29 is 0 Å². The minimum Gasteiger partial charge on any atom is -0.333 e. The van der Waals surface area contributed by atoms with Crippen LogP contribution in [-0.4, -0.2) is 14.5 Å². The molecule has 0 aromatic carbocycles. The maximum atomic E-state index is 6.12. The molecule has 0 spiro atoms. The molecule has 0 aliphatic heterocycles. The van der Waals surface area contributed by atoms with Gasteiger partial charge in [-0.25, -0.2) is 4.98 Å². The molecule has 2 heterocycles. The third kappa shape index (κ3) is 2.08. The molecule has 0 aliphatic carbocycles. The van der Waals surface area contributed by atoms with Gasteiger partial charge in [0.15, 0.2) is 0 Å². The standard InChI is InChI=1S/C10H14N4S/c1-2-4-14-5-3-13-10(14)9(11)8-6-12-7-15-8/h3,5-7,9H,2,4,11H2,1H3. The van der Waals surface area contributed by atoms with Crippen LogP contribution in [0.5, 0.6) is 0 Å². The molecule has 2 aromatic heterocycles. The third-order valence-corrected chi connectivity index (χ3v) is 3.11. The summed E-state index contributed by atoms with van der Waals surface area (Å²) in [5.41, 5.74) is 7.92. The third-order valence-electron chi connectivity index (χ3n) is 2.25. The van der Waals surface area contributed by atoms with Crippen molar-refractivity contribution in [3.8, 4) is 0 Å². The normalized spacial score (nSPS) is 12.9. The van der Waals surface area contributed by atoms with Gasteiger partial charge in [0, 0.05) is 30.0 Å². The van der Waals surface area contributed by atoms with Crippen molar-refractivity contribution in [1.82, 2.24) is 14.5 Å². The van der Waals surface area contributed by atoms with Gasteiger partial charge in [0.2, 0.25) is 0 Å². The van der Waals surface area contributed by atoms with Crippen molar-refractivity contribution in [1.29, 1.82) is 0 Å². The molecule has 0 saturated carbocycles. The van der Waals surface area contributed by atoms with Crippen molar-refractivity contribution in [3.05, 3.63) is 34.8 Å². The van der Waals surface area contributed by atoms with E-state index < -0.39 is 0 Å². The van der Waals surface area contributed by atoms with Gasteiger partial charge in [0.1, 0.15) is 5.82 Å². The number of nitrogens with two attached hydrogens (primary N) is 1. The molecular formula is C10H14N4S. The van der Waals surface area contributed by atoms with Crippen LogP contribution in [0.4, 0.5) is 0 Å². The molecule has 0 bridgehead atoms. The molecule has 80 valence electrons. The second-order valence-electron chi connectivity index (χ2n) is 3.36. The highest BCUT2D eigenvalue weighted by Crippen LogP contribution is 2.21. The lowest BCUT2D eigenvalue weighted by Gasteiger charge is -2.11. The Labute approximate surface area is 92.8 Å². The molecule has 2 rings (SSSR count). The first kappa shape index (κ1) is 10.3. The minimum absolute atomic E-state index is 0.154. The smallest absolute Gasteiger partial charge is 0.131 e. The van der Waals surface area contributed by atoms with Crippen molar-refractivity contribution >= 4 is 11.3 Å². The Balaban J connectivity index is 2.25. The van der Waals surface area contributed by atoms with E-state index in [-0.39, 0.29) is 6.04 Å². The second kappa shape index (κ2) is 4.55. The number of thiazole rings is 1. The maximum absolute atomic E-state index is 6.12. The van der Waals surface area contributed by atoms with E-state index in [2.05, 4.69) is 21.5 Å². The zero-order valence-corrected chi connectivity index (χ0v) is 9.44. The van der Waals surface area contributed by atoms with Gasteiger partial charge < -0.3 is 10.3 Å². The van der Waals surface area contributed by atoms with Gasteiger partial charge in [-0.3, -0.25) is 4.98 Å². The van der Waals surface area contributed by atoms with Gasteiger partial charge in [0.25, 0.3) is 0 Å². The van der Waals surface area contributed by atoms with Crippen LogP contribution in [0.15, 0.2) is 24.1 Å². The minimum atomic E-state index is -0.154. The monoisotopic (exact) mass is 222 g/mol. The van der Waals surface area contributed by atoms with E-state index >= 15 is 0 Å². The van der Waals surface area contributed by atoms with Gasteiger partial charge in [-0.1, -0.05) is 6.92 Å². The van der Waals surface area contributed by atoms with Crippen LogP contribution in [-0.2, 0) is 6.54 Å². The largest absolute Gasteiger partial charge is 0.333 e. The Kier molecular flexibility index (Phi) is 3.13. The fraction of sp³-hybridized carbons (Fsp3) is 0.400.